The highest BCUT2D eigenvalue weighted by atomic mass is 79.9. The van der Waals surface area contributed by atoms with Crippen LogP contribution < -0.4 is 5.32 Å². The molecule has 0 fully saturated rings. The number of carboxylic acids is 1. The van der Waals surface area contributed by atoms with Gasteiger partial charge in [0.1, 0.15) is 6.04 Å². The molecule has 1 atom stereocenters. The van der Waals surface area contributed by atoms with Crippen LogP contribution in [-0.2, 0) is 4.79 Å². The number of rotatable bonds is 5. The third kappa shape index (κ3) is 3.61. The molecule has 2 N–H and O–H groups in total. The smallest absolute Gasteiger partial charge is 0.326 e. The van der Waals surface area contributed by atoms with Gasteiger partial charge in [-0.25, -0.2) is 4.79 Å². The number of hydrogen-bond donors (Lipinski definition) is 2. The third-order valence-corrected chi connectivity index (χ3v) is 3.60. The van der Waals surface area contributed by atoms with Crippen molar-refractivity contribution in [2.24, 2.45) is 0 Å². The van der Waals surface area contributed by atoms with E-state index in [-0.39, 0.29) is 5.91 Å². The number of hydrogen-bond acceptors (Lipinski definition) is 3. The lowest BCUT2D eigenvalue weighted by Gasteiger charge is -2.12. The summed E-state index contributed by atoms with van der Waals surface area (Å²) in [5.41, 5.74) is 0. The molecule has 1 rings (SSSR count). The van der Waals surface area contributed by atoms with Gasteiger partial charge < -0.3 is 10.4 Å². The normalized spacial score (nSPS) is 12.1. The maximum Gasteiger partial charge on any atom is 0.326 e. The van der Waals surface area contributed by atoms with Gasteiger partial charge in [-0.3, -0.25) is 4.79 Å². The Labute approximate surface area is 106 Å². The Morgan fingerprint density at radius 1 is 1.56 bits per heavy atom. The van der Waals surface area contributed by atoms with E-state index >= 15 is 0 Å². The van der Waals surface area contributed by atoms with Crippen LogP contribution in [-0.4, -0.2) is 23.0 Å². The van der Waals surface area contributed by atoms with Crippen molar-refractivity contribution in [1.82, 2.24) is 5.32 Å². The Kier molecular flexibility index (Phi) is 4.95. The molecule has 0 aliphatic rings. The van der Waals surface area contributed by atoms with Gasteiger partial charge in [-0.05, 0) is 34.5 Å². The zero-order chi connectivity index (χ0) is 12.1. The first-order chi connectivity index (χ1) is 7.54. The Hall–Kier alpha value is -0.880. The lowest BCUT2D eigenvalue weighted by molar-refractivity contribution is -0.139. The molecule has 1 heterocycles. The maximum atomic E-state index is 11.7. The quantitative estimate of drug-likeness (QED) is 0.878. The van der Waals surface area contributed by atoms with E-state index in [1.165, 1.54) is 11.3 Å². The van der Waals surface area contributed by atoms with Crippen LogP contribution >= 0.6 is 27.3 Å². The molecular formula is C10H12BrNO3S. The standard InChI is InChI=1S/C10H12BrNO3S/c1-2-3-6(10(14)15)12-9(13)7-4-5-8(11)16-7/h4-6H,2-3H2,1H3,(H,12,13)(H,14,15)/t6-/m0/s1. The summed E-state index contributed by atoms with van der Waals surface area (Å²) in [6, 6.07) is 2.61. The molecule has 1 aromatic rings. The van der Waals surface area contributed by atoms with Crippen molar-refractivity contribution in [3.8, 4) is 0 Å². The van der Waals surface area contributed by atoms with E-state index in [1.54, 1.807) is 12.1 Å². The molecule has 1 aromatic heterocycles. The number of halogens is 1. The number of carbonyl (C=O) groups excluding carboxylic acids is 1. The van der Waals surface area contributed by atoms with Crippen LogP contribution in [0.5, 0.6) is 0 Å². The molecule has 0 saturated carbocycles. The molecule has 0 radical (unpaired) electrons. The first kappa shape index (κ1) is 13.2. The van der Waals surface area contributed by atoms with Crippen molar-refractivity contribution < 1.29 is 14.7 Å². The van der Waals surface area contributed by atoms with Gasteiger partial charge in [-0.2, -0.15) is 0 Å². The predicted molar refractivity (Wildman–Crippen MR) is 65.8 cm³/mol. The van der Waals surface area contributed by atoms with Crippen molar-refractivity contribution in [2.45, 2.75) is 25.8 Å². The summed E-state index contributed by atoms with van der Waals surface area (Å²) in [7, 11) is 0. The average molecular weight is 306 g/mol. The van der Waals surface area contributed by atoms with Gasteiger partial charge in [0, 0.05) is 0 Å². The Balaban J connectivity index is 2.65. The number of carboxylic acid groups (broad SMARTS) is 1. The fourth-order valence-electron chi connectivity index (χ4n) is 1.21. The van der Waals surface area contributed by atoms with E-state index in [0.29, 0.717) is 17.7 Å². The minimum atomic E-state index is -0.995. The van der Waals surface area contributed by atoms with Crippen LogP contribution in [0.4, 0.5) is 0 Å². The zero-order valence-corrected chi connectivity index (χ0v) is 11.1. The van der Waals surface area contributed by atoms with Gasteiger partial charge in [-0.15, -0.1) is 11.3 Å². The van der Waals surface area contributed by atoms with Crippen molar-refractivity contribution in [1.29, 1.82) is 0 Å². The van der Waals surface area contributed by atoms with Crippen molar-refractivity contribution in [3.63, 3.8) is 0 Å². The molecule has 0 spiro atoms. The molecule has 0 bridgehead atoms. The summed E-state index contributed by atoms with van der Waals surface area (Å²) >= 11 is 4.53. The number of nitrogens with one attached hydrogen (secondary N) is 1. The summed E-state index contributed by atoms with van der Waals surface area (Å²) in [6.45, 7) is 1.88. The fraction of sp³-hybridized carbons (Fsp3) is 0.400. The first-order valence-corrected chi connectivity index (χ1v) is 6.44. The van der Waals surface area contributed by atoms with Crippen LogP contribution in [0.25, 0.3) is 0 Å². The van der Waals surface area contributed by atoms with Gasteiger partial charge >= 0.3 is 5.97 Å². The van der Waals surface area contributed by atoms with Crippen LogP contribution in [0.2, 0.25) is 0 Å². The molecule has 88 valence electrons. The largest absolute Gasteiger partial charge is 0.480 e. The van der Waals surface area contributed by atoms with Gasteiger partial charge in [-0.1, -0.05) is 13.3 Å². The first-order valence-electron chi connectivity index (χ1n) is 4.83. The highest BCUT2D eigenvalue weighted by molar-refractivity contribution is 9.11. The highest BCUT2D eigenvalue weighted by Gasteiger charge is 2.20. The summed E-state index contributed by atoms with van der Waals surface area (Å²) in [6.07, 6.45) is 1.15. The third-order valence-electron chi connectivity index (χ3n) is 1.98. The van der Waals surface area contributed by atoms with E-state index in [1.807, 2.05) is 6.92 Å². The number of amides is 1. The maximum absolute atomic E-state index is 11.7. The molecule has 0 aliphatic carbocycles. The van der Waals surface area contributed by atoms with Gasteiger partial charge in [0.15, 0.2) is 0 Å². The van der Waals surface area contributed by atoms with E-state index in [4.69, 9.17) is 5.11 Å². The molecule has 16 heavy (non-hydrogen) atoms. The average Bonchev–Trinajstić information content (AvgIpc) is 2.64. The summed E-state index contributed by atoms with van der Waals surface area (Å²) in [5, 5.41) is 11.4. The monoisotopic (exact) mass is 305 g/mol. The highest BCUT2D eigenvalue weighted by Crippen LogP contribution is 2.22. The van der Waals surface area contributed by atoms with Crippen LogP contribution in [0.1, 0.15) is 29.4 Å². The van der Waals surface area contributed by atoms with Crippen molar-refractivity contribution in [3.05, 3.63) is 20.8 Å². The van der Waals surface area contributed by atoms with Gasteiger partial charge in [0.05, 0.1) is 8.66 Å². The number of carbonyl (C=O) groups is 2. The zero-order valence-electron chi connectivity index (χ0n) is 8.70. The van der Waals surface area contributed by atoms with Gasteiger partial charge in [0.25, 0.3) is 5.91 Å². The van der Waals surface area contributed by atoms with Gasteiger partial charge in [0.2, 0.25) is 0 Å². The lowest BCUT2D eigenvalue weighted by atomic mass is 10.1. The Bertz CT molecular complexity index is 391. The lowest BCUT2D eigenvalue weighted by Crippen LogP contribution is -2.40. The van der Waals surface area contributed by atoms with Crippen molar-refractivity contribution >= 4 is 39.1 Å². The SMILES string of the molecule is CCC[C@H](NC(=O)c1ccc(Br)s1)C(=O)O. The minimum absolute atomic E-state index is 0.337. The second-order valence-corrected chi connectivity index (χ2v) is 5.72. The summed E-state index contributed by atoms with van der Waals surface area (Å²) in [4.78, 5) is 23.0. The molecule has 0 aromatic carbocycles. The second-order valence-electron chi connectivity index (χ2n) is 3.26. The van der Waals surface area contributed by atoms with Crippen molar-refractivity contribution in [2.75, 3.05) is 0 Å². The van der Waals surface area contributed by atoms with E-state index in [2.05, 4.69) is 21.2 Å². The fourth-order valence-corrected chi connectivity index (χ4v) is 2.50. The topological polar surface area (TPSA) is 66.4 Å². The molecule has 6 heteroatoms. The number of aliphatic carboxylic acids is 1. The predicted octanol–water partition coefficient (Wildman–Crippen LogP) is 2.49. The Morgan fingerprint density at radius 2 is 2.25 bits per heavy atom. The van der Waals surface area contributed by atoms with Crippen LogP contribution in [0.3, 0.4) is 0 Å². The molecule has 4 nitrogen and oxygen atoms in total. The molecule has 0 unspecified atom stereocenters. The van der Waals surface area contributed by atoms with E-state index in [0.717, 1.165) is 3.79 Å². The molecule has 1 amide bonds. The second kappa shape index (κ2) is 6.00. The van der Waals surface area contributed by atoms with Crippen LogP contribution in [0, 0.1) is 0 Å². The van der Waals surface area contributed by atoms with E-state index < -0.39 is 12.0 Å². The van der Waals surface area contributed by atoms with Crippen LogP contribution in [0.15, 0.2) is 15.9 Å². The Morgan fingerprint density at radius 3 is 2.69 bits per heavy atom. The minimum Gasteiger partial charge on any atom is -0.480 e. The number of thiophene rings is 1. The van der Waals surface area contributed by atoms with E-state index in [9.17, 15) is 9.59 Å². The molecular weight excluding hydrogens is 294 g/mol. The molecule has 0 saturated heterocycles. The summed E-state index contributed by atoms with van der Waals surface area (Å²) in [5.74, 6) is -1.33. The summed E-state index contributed by atoms with van der Waals surface area (Å²) < 4.78 is 0.847. The molecule has 0 aliphatic heterocycles.